The molecule has 0 saturated heterocycles. The first-order chi connectivity index (χ1) is 20.9. The molecule has 0 amide bonds. The summed E-state index contributed by atoms with van der Waals surface area (Å²) < 4.78 is 23.7. The quantitative estimate of drug-likeness (QED) is 0.178. The Kier molecular flexibility index (Phi) is 9.90. The van der Waals surface area contributed by atoms with Gasteiger partial charge in [-0.1, -0.05) is 72.8 Å². The molecular weight excluding hydrogens is 540 g/mol. The molecule has 1 saturated carbocycles. The molecule has 5 rings (SSSR count). The average molecular weight is 583 g/mol. The molecule has 6 atom stereocenters. The van der Waals surface area contributed by atoms with E-state index in [1.54, 1.807) is 14.2 Å². The van der Waals surface area contributed by atoms with Gasteiger partial charge in [-0.3, -0.25) is 0 Å². The van der Waals surface area contributed by atoms with Crippen molar-refractivity contribution >= 4 is 0 Å². The number of benzene rings is 4. The Labute approximate surface area is 254 Å². The summed E-state index contributed by atoms with van der Waals surface area (Å²) in [5, 5.41) is 21.5. The predicted octanol–water partition coefficient (Wildman–Crippen LogP) is 7.76. The molecule has 0 aliphatic heterocycles. The molecule has 0 aromatic heterocycles. The summed E-state index contributed by atoms with van der Waals surface area (Å²) in [6.45, 7) is 3.73. The molecule has 6 heteroatoms. The molecule has 2 N–H and O–H groups in total. The Bertz CT molecular complexity index is 1350. The zero-order chi connectivity index (χ0) is 30.3. The van der Waals surface area contributed by atoms with Crippen LogP contribution in [0.4, 0.5) is 0 Å². The van der Waals surface area contributed by atoms with E-state index in [0.29, 0.717) is 34.8 Å². The van der Waals surface area contributed by atoms with E-state index < -0.39 is 24.4 Å². The van der Waals surface area contributed by atoms with Crippen LogP contribution >= 0.6 is 0 Å². The lowest BCUT2D eigenvalue weighted by Crippen LogP contribution is -2.22. The van der Waals surface area contributed by atoms with E-state index >= 15 is 0 Å². The van der Waals surface area contributed by atoms with Crippen LogP contribution in [0, 0.1) is 0 Å². The number of hydrogen-bond donors (Lipinski definition) is 2. The van der Waals surface area contributed by atoms with Crippen LogP contribution in [0.3, 0.4) is 0 Å². The highest BCUT2D eigenvalue weighted by Gasteiger charge is 2.29. The van der Waals surface area contributed by atoms with Crippen molar-refractivity contribution in [3.05, 3.63) is 119 Å². The van der Waals surface area contributed by atoms with Gasteiger partial charge in [0.05, 0.1) is 14.2 Å². The fourth-order valence-corrected chi connectivity index (χ4v) is 6.03. The van der Waals surface area contributed by atoms with Crippen molar-refractivity contribution in [1.82, 2.24) is 0 Å². The van der Waals surface area contributed by atoms with Crippen molar-refractivity contribution in [2.45, 2.75) is 69.4 Å². The van der Waals surface area contributed by atoms with Gasteiger partial charge in [-0.15, -0.1) is 0 Å². The monoisotopic (exact) mass is 582 g/mol. The zero-order valence-corrected chi connectivity index (χ0v) is 25.4. The molecule has 4 aromatic rings. The third kappa shape index (κ3) is 7.15. The average Bonchev–Trinajstić information content (AvgIpc) is 3.55. The van der Waals surface area contributed by atoms with E-state index in [4.69, 9.17) is 18.9 Å². The van der Waals surface area contributed by atoms with Crippen LogP contribution < -0.4 is 18.9 Å². The van der Waals surface area contributed by atoms with Gasteiger partial charge in [-0.2, -0.15) is 0 Å². The Hall–Kier alpha value is -4.00. The number of aliphatic hydroxyl groups excluding tert-OH is 2. The fraction of sp³-hybridized carbons (Fsp3) is 0.351. The van der Waals surface area contributed by atoms with Crippen molar-refractivity contribution in [2.24, 2.45) is 0 Å². The Balaban J connectivity index is 1.23. The second-order valence-electron chi connectivity index (χ2n) is 11.4. The molecule has 4 aromatic carbocycles. The molecule has 6 unspecified atom stereocenters. The maximum atomic E-state index is 10.8. The maximum Gasteiger partial charge on any atom is 0.161 e. The standard InChI is InChI=1S/C37H42O6/c1-24(36(38)26-11-7-5-8-12-26)42-32-19-17-30(22-34(32)40-3)28-15-16-29(21-28)31-18-20-33(35(23-31)41-4)43-25(2)37(39)27-13-9-6-10-14-27/h5-14,17-20,22-25,28-29,36-39H,15-16,21H2,1-4H3. The lowest BCUT2D eigenvalue weighted by Gasteiger charge is -2.23. The maximum absolute atomic E-state index is 10.8. The molecule has 0 heterocycles. The first kappa shape index (κ1) is 30.5. The molecule has 0 bridgehead atoms. The van der Waals surface area contributed by atoms with Crippen LogP contribution in [0.2, 0.25) is 0 Å². The largest absolute Gasteiger partial charge is 0.493 e. The first-order valence-corrected chi connectivity index (χ1v) is 15.0. The van der Waals surface area contributed by atoms with Crippen molar-refractivity contribution in [1.29, 1.82) is 0 Å². The predicted molar refractivity (Wildman–Crippen MR) is 168 cm³/mol. The molecule has 0 radical (unpaired) electrons. The van der Waals surface area contributed by atoms with E-state index in [1.807, 2.05) is 86.6 Å². The third-order valence-electron chi connectivity index (χ3n) is 8.55. The van der Waals surface area contributed by atoms with Crippen LogP contribution in [0.5, 0.6) is 23.0 Å². The molecule has 0 spiro atoms. The van der Waals surface area contributed by atoms with Gasteiger partial charge < -0.3 is 29.2 Å². The highest BCUT2D eigenvalue weighted by molar-refractivity contribution is 5.46. The van der Waals surface area contributed by atoms with Gasteiger partial charge in [0.1, 0.15) is 24.4 Å². The Morgan fingerprint density at radius 3 is 1.33 bits per heavy atom. The lowest BCUT2D eigenvalue weighted by molar-refractivity contribution is 0.0451. The SMILES string of the molecule is COc1cc(C2CCC(c3ccc(OC(C)C(O)c4ccccc4)c(OC)c3)C2)ccc1OC(C)C(O)c1ccccc1. The van der Waals surface area contributed by atoms with E-state index in [-0.39, 0.29) is 0 Å². The van der Waals surface area contributed by atoms with Gasteiger partial charge in [0.15, 0.2) is 23.0 Å². The van der Waals surface area contributed by atoms with Gasteiger partial charge in [0, 0.05) is 0 Å². The van der Waals surface area contributed by atoms with Crippen LogP contribution in [0.15, 0.2) is 97.1 Å². The van der Waals surface area contributed by atoms with Gasteiger partial charge >= 0.3 is 0 Å². The number of methoxy groups -OCH3 is 2. The van der Waals surface area contributed by atoms with Gasteiger partial charge in [-0.05, 0) is 91.5 Å². The van der Waals surface area contributed by atoms with Crippen molar-refractivity contribution in [3.63, 3.8) is 0 Å². The normalized spacial score (nSPS) is 19.2. The molecule has 1 aliphatic rings. The smallest absolute Gasteiger partial charge is 0.161 e. The van der Waals surface area contributed by atoms with Crippen LogP contribution in [0.25, 0.3) is 0 Å². The summed E-state index contributed by atoms with van der Waals surface area (Å²) in [7, 11) is 3.30. The highest BCUT2D eigenvalue weighted by atomic mass is 16.5. The fourth-order valence-electron chi connectivity index (χ4n) is 6.03. The summed E-state index contributed by atoms with van der Waals surface area (Å²) in [6, 6.07) is 31.4. The van der Waals surface area contributed by atoms with Gasteiger partial charge in [-0.25, -0.2) is 0 Å². The van der Waals surface area contributed by atoms with E-state index in [1.165, 1.54) is 11.1 Å². The Morgan fingerprint density at radius 1 is 0.558 bits per heavy atom. The number of hydrogen-bond acceptors (Lipinski definition) is 6. The molecule has 1 fully saturated rings. The zero-order valence-electron chi connectivity index (χ0n) is 25.4. The first-order valence-electron chi connectivity index (χ1n) is 15.0. The number of rotatable bonds is 12. The molecule has 226 valence electrons. The van der Waals surface area contributed by atoms with Crippen molar-refractivity contribution < 1.29 is 29.2 Å². The topological polar surface area (TPSA) is 77.4 Å². The summed E-state index contributed by atoms with van der Waals surface area (Å²) in [6.07, 6.45) is 0.780. The number of ether oxygens (including phenoxy) is 4. The van der Waals surface area contributed by atoms with Crippen LogP contribution in [-0.4, -0.2) is 36.6 Å². The van der Waals surface area contributed by atoms with Crippen molar-refractivity contribution in [2.75, 3.05) is 14.2 Å². The summed E-state index contributed by atoms with van der Waals surface area (Å²) in [4.78, 5) is 0. The third-order valence-corrected chi connectivity index (χ3v) is 8.55. The summed E-state index contributed by atoms with van der Waals surface area (Å²) >= 11 is 0. The van der Waals surface area contributed by atoms with Crippen LogP contribution in [-0.2, 0) is 0 Å². The van der Waals surface area contributed by atoms with Crippen LogP contribution in [0.1, 0.15) is 79.4 Å². The highest BCUT2D eigenvalue weighted by Crippen LogP contribution is 2.47. The lowest BCUT2D eigenvalue weighted by atomic mass is 9.92. The minimum absolute atomic E-state index is 0.392. The Morgan fingerprint density at radius 2 is 0.953 bits per heavy atom. The van der Waals surface area contributed by atoms with E-state index in [9.17, 15) is 10.2 Å². The minimum Gasteiger partial charge on any atom is -0.493 e. The van der Waals surface area contributed by atoms with Crippen molar-refractivity contribution in [3.8, 4) is 23.0 Å². The van der Waals surface area contributed by atoms with Gasteiger partial charge in [0.2, 0.25) is 0 Å². The molecular formula is C37H42O6. The van der Waals surface area contributed by atoms with Gasteiger partial charge in [0.25, 0.3) is 0 Å². The summed E-state index contributed by atoms with van der Waals surface area (Å²) in [5.74, 6) is 3.36. The molecule has 1 aliphatic carbocycles. The molecule has 43 heavy (non-hydrogen) atoms. The van der Waals surface area contributed by atoms with E-state index in [0.717, 1.165) is 30.4 Å². The second kappa shape index (κ2) is 14.0. The number of aliphatic hydroxyl groups is 2. The second-order valence-corrected chi connectivity index (χ2v) is 11.4. The minimum atomic E-state index is -0.743. The molecule has 6 nitrogen and oxygen atoms in total. The summed E-state index contributed by atoms with van der Waals surface area (Å²) in [5.41, 5.74) is 4.08. The van der Waals surface area contributed by atoms with E-state index in [2.05, 4.69) is 24.3 Å².